The fourth-order valence-electron chi connectivity index (χ4n) is 4.34. The van der Waals surface area contributed by atoms with E-state index >= 15 is 0 Å². The van der Waals surface area contributed by atoms with Gasteiger partial charge in [-0.15, -0.1) is 0 Å². The van der Waals surface area contributed by atoms with E-state index in [1.807, 2.05) is 53.4 Å². The molecule has 2 bridgehead atoms. The van der Waals surface area contributed by atoms with Crippen LogP contribution in [0.25, 0.3) is 16.5 Å². The lowest BCUT2D eigenvalue weighted by atomic mass is 9.98. The van der Waals surface area contributed by atoms with Crippen molar-refractivity contribution >= 4 is 22.6 Å². The van der Waals surface area contributed by atoms with Gasteiger partial charge in [-0.05, 0) is 42.5 Å². The van der Waals surface area contributed by atoms with Gasteiger partial charge in [0, 0.05) is 11.4 Å². The van der Waals surface area contributed by atoms with E-state index in [0.29, 0.717) is 6.61 Å². The van der Waals surface area contributed by atoms with Gasteiger partial charge < -0.3 is 4.74 Å². The van der Waals surface area contributed by atoms with E-state index in [1.54, 1.807) is 0 Å². The summed E-state index contributed by atoms with van der Waals surface area (Å²) in [6.45, 7) is 0.318. The van der Waals surface area contributed by atoms with Gasteiger partial charge in [-0.1, -0.05) is 60.7 Å². The SMILES string of the molecule is O=C(OCc1ccccc1)N1C2C=C(c3ccc4ccccc4n3)CC1CC2. The van der Waals surface area contributed by atoms with Crippen LogP contribution in [0.3, 0.4) is 0 Å². The predicted octanol–water partition coefficient (Wildman–Crippen LogP) is 5.19. The average Bonchev–Trinajstić information content (AvgIpc) is 3.02. The van der Waals surface area contributed by atoms with Crippen LogP contribution in [0.2, 0.25) is 0 Å². The first-order valence-electron chi connectivity index (χ1n) is 9.84. The van der Waals surface area contributed by atoms with Crippen molar-refractivity contribution in [2.75, 3.05) is 0 Å². The summed E-state index contributed by atoms with van der Waals surface area (Å²) >= 11 is 0. The monoisotopic (exact) mass is 370 g/mol. The molecule has 1 saturated heterocycles. The number of amides is 1. The number of ether oxygens (including phenoxy) is 1. The van der Waals surface area contributed by atoms with Crippen molar-refractivity contribution in [2.45, 2.75) is 38.0 Å². The summed E-state index contributed by atoms with van der Waals surface area (Å²) in [6.07, 6.45) is 4.84. The third-order valence-electron chi connectivity index (χ3n) is 5.74. The van der Waals surface area contributed by atoms with Crippen molar-refractivity contribution in [2.24, 2.45) is 0 Å². The maximum absolute atomic E-state index is 12.7. The van der Waals surface area contributed by atoms with Crippen molar-refractivity contribution < 1.29 is 9.53 Å². The first-order chi connectivity index (χ1) is 13.8. The molecule has 2 aliphatic heterocycles. The van der Waals surface area contributed by atoms with Gasteiger partial charge in [0.25, 0.3) is 0 Å². The Morgan fingerprint density at radius 2 is 1.82 bits per heavy atom. The lowest BCUT2D eigenvalue weighted by Gasteiger charge is -2.33. The molecule has 4 nitrogen and oxygen atoms in total. The summed E-state index contributed by atoms with van der Waals surface area (Å²) in [5.74, 6) is 0. The van der Waals surface area contributed by atoms with Gasteiger partial charge in [-0.3, -0.25) is 4.90 Å². The lowest BCUT2D eigenvalue weighted by Crippen LogP contribution is -2.43. The topological polar surface area (TPSA) is 42.4 Å². The summed E-state index contributed by atoms with van der Waals surface area (Å²) in [5.41, 5.74) is 4.29. The number of para-hydroxylation sites is 1. The fourth-order valence-corrected chi connectivity index (χ4v) is 4.34. The first-order valence-corrected chi connectivity index (χ1v) is 9.84. The van der Waals surface area contributed by atoms with Gasteiger partial charge in [-0.25, -0.2) is 9.78 Å². The number of hydrogen-bond acceptors (Lipinski definition) is 3. The molecule has 0 N–H and O–H groups in total. The molecule has 140 valence electrons. The Morgan fingerprint density at radius 1 is 1.00 bits per heavy atom. The van der Waals surface area contributed by atoms with E-state index in [2.05, 4.69) is 24.3 Å². The van der Waals surface area contributed by atoms with Crippen LogP contribution in [-0.4, -0.2) is 28.1 Å². The summed E-state index contributed by atoms with van der Waals surface area (Å²) in [7, 11) is 0. The third-order valence-corrected chi connectivity index (χ3v) is 5.74. The zero-order valence-corrected chi connectivity index (χ0v) is 15.6. The van der Waals surface area contributed by atoms with E-state index < -0.39 is 0 Å². The highest BCUT2D eigenvalue weighted by molar-refractivity contribution is 5.81. The lowest BCUT2D eigenvalue weighted by molar-refractivity contribution is 0.0832. The number of hydrogen-bond donors (Lipinski definition) is 0. The highest BCUT2D eigenvalue weighted by Gasteiger charge is 2.40. The molecule has 0 radical (unpaired) electrons. The van der Waals surface area contributed by atoms with E-state index in [1.165, 1.54) is 5.57 Å². The minimum absolute atomic E-state index is 0.102. The zero-order valence-electron chi connectivity index (χ0n) is 15.6. The number of carbonyl (C=O) groups excluding carboxylic acids is 1. The highest BCUT2D eigenvalue weighted by Crippen LogP contribution is 2.38. The van der Waals surface area contributed by atoms with Crippen molar-refractivity contribution in [3.63, 3.8) is 0 Å². The molecule has 4 heteroatoms. The first kappa shape index (κ1) is 17.0. The molecular formula is C24H22N2O2. The largest absolute Gasteiger partial charge is 0.445 e. The summed E-state index contributed by atoms with van der Waals surface area (Å²) in [4.78, 5) is 19.5. The van der Waals surface area contributed by atoms with Gasteiger partial charge in [0.2, 0.25) is 0 Å². The summed E-state index contributed by atoms with van der Waals surface area (Å²) < 4.78 is 5.59. The molecule has 2 aliphatic rings. The molecule has 1 fully saturated rings. The second-order valence-electron chi connectivity index (χ2n) is 7.53. The van der Waals surface area contributed by atoms with E-state index in [9.17, 15) is 4.79 Å². The molecular weight excluding hydrogens is 348 g/mol. The Balaban J connectivity index is 1.34. The molecule has 1 amide bonds. The second kappa shape index (κ2) is 7.12. The molecule has 1 aromatic heterocycles. The normalized spacial score (nSPS) is 20.9. The molecule has 0 saturated carbocycles. The maximum atomic E-state index is 12.7. The Hall–Kier alpha value is -3.14. The van der Waals surface area contributed by atoms with E-state index in [0.717, 1.165) is 41.4 Å². The van der Waals surface area contributed by atoms with Crippen LogP contribution >= 0.6 is 0 Å². The fraction of sp³-hybridized carbons (Fsp3) is 0.250. The summed E-state index contributed by atoms with van der Waals surface area (Å²) in [6, 6.07) is 22.5. The average molecular weight is 370 g/mol. The molecule has 2 unspecified atom stereocenters. The smallest absolute Gasteiger partial charge is 0.410 e. The van der Waals surface area contributed by atoms with Crippen molar-refractivity contribution in [1.29, 1.82) is 0 Å². The number of aromatic nitrogens is 1. The highest BCUT2D eigenvalue weighted by atomic mass is 16.6. The Kier molecular flexibility index (Phi) is 4.32. The predicted molar refractivity (Wildman–Crippen MR) is 110 cm³/mol. The number of benzene rings is 2. The van der Waals surface area contributed by atoms with Gasteiger partial charge in [0.15, 0.2) is 0 Å². The van der Waals surface area contributed by atoms with E-state index in [-0.39, 0.29) is 18.2 Å². The van der Waals surface area contributed by atoms with Gasteiger partial charge in [0.1, 0.15) is 6.61 Å². The molecule has 3 aromatic rings. The molecule has 2 aromatic carbocycles. The van der Waals surface area contributed by atoms with Crippen molar-refractivity contribution in [3.05, 3.63) is 84.1 Å². The Labute approximate surface area is 164 Å². The van der Waals surface area contributed by atoms with Crippen LogP contribution in [0.5, 0.6) is 0 Å². The van der Waals surface area contributed by atoms with Crippen LogP contribution in [0, 0.1) is 0 Å². The van der Waals surface area contributed by atoms with E-state index in [4.69, 9.17) is 9.72 Å². The van der Waals surface area contributed by atoms with Crippen molar-refractivity contribution in [3.8, 4) is 0 Å². The maximum Gasteiger partial charge on any atom is 0.410 e. The quantitative estimate of drug-likeness (QED) is 0.637. The third kappa shape index (κ3) is 3.15. The van der Waals surface area contributed by atoms with Gasteiger partial charge >= 0.3 is 6.09 Å². The van der Waals surface area contributed by atoms with Gasteiger partial charge in [-0.2, -0.15) is 0 Å². The Bertz CT molecular complexity index is 1040. The minimum atomic E-state index is -0.210. The molecule has 28 heavy (non-hydrogen) atoms. The standard InChI is InChI=1S/C24H22N2O2/c27-24(28-16-17-6-2-1-3-7-17)26-20-11-12-21(26)15-19(14-20)23-13-10-18-8-4-5-9-22(18)25-23/h1-10,13-14,20-21H,11-12,15-16H2. The second-order valence-corrected chi connectivity index (χ2v) is 7.53. The minimum Gasteiger partial charge on any atom is -0.445 e. The molecule has 5 rings (SSSR count). The molecule has 0 aliphatic carbocycles. The summed E-state index contributed by atoms with van der Waals surface area (Å²) in [5, 5.41) is 1.15. The van der Waals surface area contributed by atoms with Crippen LogP contribution in [0.15, 0.2) is 72.8 Å². The van der Waals surface area contributed by atoms with Crippen LogP contribution in [0.4, 0.5) is 4.79 Å². The number of pyridine rings is 1. The Morgan fingerprint density at radius 3 is 2.68 bits per heavy atom. The molecule has 0 spiro atoms. The zero-order chi connectivity index (χ0) is 18.9. The van der Waals surface area contributed by atoms with Crippen LogP contribution in [-0.2, 0) is 11.3 Å². The van der Waals surface area contributed by atoms with Gasteiger partial charge in [0.05, 0.1) is 17.3 Å². The van der Waals surface area contributed by atoms with Crippen LogP contribution in [0.1, 0.15) is 30.5 Å². The number of carbonyl (C=O) groups is 1. The van der Waals surface area contributed by atoms with Crippen LogP contribution < -0.4 is 0 Å². The molecule has 2 atom stereocenters. The number of rotatable bonds is 3. The molecule has 3 heterocycles. The van der Waals surface area contributed by atoms with Crippen molar-refractivity contribution in [1.82, 2.24) is 9.88 Å². The number of fused-ring (bicyclic) bond motifs is 3. The number of nitrogens with zero attached hydrogens (tertiary/aromatic N) is 2.